The Morgan fingerprint density at radius 3 is 2.50 bits per heavy atom. The molecule has 0 unspecified atom stereocenters. The maximum atomic E-state index is 12.0. The molecule has 2 rings (SSSR count). The maximum Gasteiger partial charge on any atom is 0.389 e. The van der Waals surface area contributed by atoms with Gasteiger partial charge in [-0.05, 0) is 37.5 Å². The Morgan fingerprint density at radius 1 is 1.04 bits per heavy atom. The van der Waals surface area contributed by atoms with Crippen LogP contribution in [-0.4, -0.2) is 18.6 Å². The molecule has 0 aliphatic heterocycles. The second kappa shape index (κ2) is 10.3. The summed E-state index contributed by atoms with van der Waals surface area (Å²) >= 11 is 0. The molecule has 1 aromatic heterocycles. The normalized spacial score (nSPS) is 11.7. The van der Waals surface area contributed by atoms with Crippen LogP contribution in [0.15, 0.2) is 33.5 Å². The quantitative estimate of drug-likeness (QED) is 0.358. The van der Waals surface area contributed by atoms with Gasteiger partial charge in [0.05, 0.1) is 13.0 Å². The largest absolute Gasteiger partial charge is 0.493 e. The topological polar surface area (TPSA) is 56.5 Å². The number of halogens is 3. The number of hydrogen-bond acceptors (Lipinski definition) is 4. The van der Waals surface area contributed by atoms with Gasteiger partial charge in [-0.15, -0.1) is 0 Å². The predicted molar refractivity (Wildman–Crippen MR) is 101 cm³/mol. The average Bonchev–Trinajstić information content (AvgIpc) is 2.61. The summed E-state index contributed by atoms with van der Waals surface area (Å²) < 4.78 is 47.0. The van der Waals surface area contributed by atoms with Crippen LogP contribution in [0.2, 0.25) is 0 Å². The molecule has 0 atom stereocenters. The van der Waals surface area contributed by atoms with Gasteiger partial charge in [-0.2, -0.15) is 13.2 Å². The molecule has 0 N–H and O–H groups in total. The first-order valence-corrected chi connectivity index (χ1v) is 9.50. The third kappa shape index (κ3) is 7.74. The van der Waals surface area contributed by atoms with Gasteiger partial charge in [-0.1, -0.05) is 19.3 Å². The summed E-state index contributed by atoms with van der Waals surface area (Å²) in [6.45, 7) is 2.37. The highest BCUT2D eigenvalue weighted by Gasteiger charge is 2.27. The Bertz CT molecular complexity index is 840. The molecule has 1 aromatic carbocycles. The minimum absolute atomic E-state index is 0.217. The fraction of sp³-hybridized carbons (Fsp3) is 0.524. The number of fused-ring (bicyclic) bond motifs is 1. The summed E-state index contributed by atoms with van der Waals surface area (Å²) in [7, 11) is 0. The van der Waals surface area contributed by atoms with Crippen molar-refractivity contribution in [1.82, 2.24) is 0 Å². The molecular weight excluding hydrogens is 373 g/mol. The van der Waals surface area contributed by atoms with Crippen molar-refractivity contribution in [3.63, 3.8) is 0 Å². The number of carbonyl (C=O) groups is 1. The third-order valence-electron chi connectivity index (χ3n) is 4.48. The molecule has 0 bridgehead atoms. The predicted octanol–water partition coefficient (Wildman–Crippen LogP) is 5.73. The van der Waals surface area contributed by atoms with Gasteiger partial charge in [0.25, 0.3) is 0 Å². The number of rotatable bonds is 11. The van der Waals surface area contributed by atoms with Crippen LogP contribution in [0.1, 0.15) is 56.9 Å². The summed E-state index contributed by atoms with van der Waals surface area (Å²) in [6, 6.07) is 6.85. The van der Waals surface area contributed by atoms with E-state index in [9.17, 15) is 22.8 Å². The Balaban J connectivity index is 1.59. The van der Waals surface area contributed by atoms with Crippen molar-refractivity contribution in [3.05, 3.63) is 40.2 Å². The van der Waals surface area contributed by atoms with E-state index in [1.807, 2.05) is 19.1 Å². The summed E-state index contributed by atoms with van der Waals surface area (Å²) in [6.07, 6.45) is -1.39. The zero-order valence-corrected chi connectivity index (χ0v) is 15.9. The fourth-order valence-electron chi connectivity index (χ4n) is 2.95. The van der Waals surface area contributed by atoms with Gasteiger partial charge in [-0.25, -0.2) is 4.79 Å². The smallest absolute Gasteiger partial charge is 0.389 e. The molecule has 0 aliphatic rings. The van der Waals surface area contributed by atoms with Gasteiger partial charge in [0.15, 0.2) is 0 Å². The maximum absolute atomic E-state index is 12.0. The number of hydrogen-bond donors (Lipinski definition) is 0. The van der Waals surface area contributed by atoms with Crippen molar-refractivity contribution >= 4 is 16.8 Å². The van der Waals surface area contributed by atoms with Crippen LogP contribution in [-0.2, 0) is 4.79 Å². The van der Waals surface area contributed by atoms with E-state index in [1.165, 1.54) is 6.07 Å². The summed E-state index contributed by atoms with van der Waals surface area (Å²) in [5, 5.41) is 0.872. The van der Waals surface area contributed by atoms with E-state index < -0.39 is 19.0 Å². The van der Waals surface area contributed by atoms with Gasteiger partial charge in [0, 0.05) is 30.4 Å². The Labute approximate surface area is 161 Å². The van der Waals surface area contributed by atoms with Crippen LogP contribution in [0.5, 0.6) is 5.75 Å². The summed E-state index contributed by atoms with van der Waals surface area (Å²) in [5.74, 6) is 0.315. The first kappa shape index (κ1) is 22.0. The van der Waals surface area contributed by atoms with Gasteiger partial charge in [0.2, 0.25) is 0 Å². The minimum atomic E-state index is -4.26. The van der Waals surface area contributed by atoms with Gasteiger partial charge in [-0.3, -0.25) is 4.79 Å². The highest BCUT2D eigenvalue weighted by atomic mass is 19.4. The van der Waals surface area contributed by atoms with E-state index in [-0.39, 0.29) is 17.8 Å². The lowest BCUT2D eigenvalue weighted by Gasteiger charge is -2.08. The molecule has 0 saturated heterocycles. The molecule has 0 aliphatic carbocycles. The SMILES string of the molecule is Cc1cc(=O)oc2cc(OCCCCCCCC(=O)CCC(F)(F)F)ccc12. The zero-order chi connectivity index (χ0) is 20.6. The molecule has 7 heteroatoms. The van der Waals surface area contributed by atoms with Crippen molar-refractivity contribution in [3.8, 4) is 5.75 Å². The van der Waals surface area contributed by atoms with Crippen LogP contribution in [0.3, 0.4) is 0 Å². The van der Waals surface area contributed by atoms with Crippen molar-refractivity contribution in [2.45, 2.75) is 64.5 Å². The number of unbranched alkanes of at least 4 members (excludes halogenated alkanes) is 4. The molecule has 1 heterocycles. The lowest BCUT2D eigenvalue weighted by Crippen LogP contribution is -2.10. The number of ether oxygens (including phenoxy) is 1. The third-order valence-corrected chi connectivity index (χ3v) is 4.48. The number of carbonyl (C=O) groups excluding carboxylic acids is 1. The Kier molecular flexibility index (Phi) is 8.08. The highest BCUT2D eigenvalue weighted by molar-refractivity contribution is 5.81. The van der Waals surface area contributed by atoms with E-state index >= 15 is 0 Å². The number of Topliss-reactive ketones (excluding diaryl/α,β-unsaturated/α-hetero) is 1. The molecule has 0 amide bonds. The minimum Gasteiger partial charge on any atom is -0.493 e. The molecule has 28 heavy (non-hydrogen) atoms. The van der Waals surface area contributed by atoms with Crippen LogP contribution in [0, 0.1) is 6.92 Å². The standard InChI is InChI=1S/C21H25F3O4/c1-15-13-20(26)28-19-14-17(8-9-18(15)19)27-12-6-4-2-3-5-7-16(25)10-11-21(22,23)24/h8-9,13-14H,2-7,10-12H2,1H3. The first-order chi connectivity index (χ1) is 13.2. The van der Waals surface area contributed by atoms with Crippen LogP contribution < -0.4 is 10.4 Å². The summed E-state index contributed by atoms with van der Waals surface area (Å²) in [5.41, 5.74) is 0.964. The van der Waals surface area contributed by atoms with Gasteiger partial charge in [0.1, 0.15) is 17.1 Å². The first-order valence-electron chi connectivity index (χ1n) is 9.50. The van der Waals surface area contributed by atoms with E-state index in [4.69, 9.17) is 9.15 Å². The number of alkyl halides is 3. The van der Waals surface area contributed by atoms with Crippen molar-refractivity contribution in [1.29, 1.82) is 0 Å². The Morgan fingerprint density at radius 2 is 1.75 bits per heavy atom. The number of benzene rings is 1. The van der Waals surface area contributed by atoms with Crippen LogP contribution in [0.25, 0.3) is 11.0 Å². The number of ketones is 1. The van der Waals surface area contributed by atoms with E-state index in [0.717, 1.165) is 36.6 Å². The molecule has 2 aromatic rings. The lowest BCUT2D eigenvalue weighted by molar-refractivity contribution is -0.143. The van der Waals surface area contributed by atoms with Crippen molar-refractivity contribution in [2.75, 3.05) is 6.61 Å². The highest BCUT2D eigenvalue weighted by Crippen LogP contribution is 2.23. The van der Waals surface area contributed by atoms with Gasteiger partial charge >= 0.3 is 11.8 Å². The molecule has 0 radical (unpaired) electrons. The molecule has 154 valence electrons. The molecule has 0 spiro atoms. The summed E-state index contributed by atoms with van der Waals surface area (Å²) in [4.78, 5) is 22.8. The average molecular weight is 398 g/mol. The lowest BCUT2D eigenvalue weighted by atomic mass is 10.1. The van der Waals surface area contributed by atoms with E-state index in [0.29, 0.717) is 24.4 Å². The van der Waals surface area contributed by atoms with Crippen molar-refractivity contribution in [2.24, 2.45) is 0 Å². The zero-order valence-electron chi connectivity index (χ0n) is 15.9. The Hall–Kier alpha value is -2.31. The second-order valence-electron chi connectivity index (χ2n) is 6.93. The van der Waals surface area contributed by atoms with E-state index in [1.54, 1.807) is 6.07 Å². The number of aryl methyl sites for hydroxylation is 1. The second-order valence-corrected chi connectivity index (χ2v) is 6.93. The van der Waals surface area contributed by atoms with E-state index in [2.05, 4.69) is 0 Å². The fourth-order valence-corrected chi connectivity index (χ4v) is 2.95. The molecule has 0 fully saturated rings. The monoisotopic (exact) mass is 398 g/mol. The van der Waals surface area contributed by atoms with Crippen molar-refractivity contribution < 1.29 is 27.1 Å². The van der Waals surface area contributed by atoms with Crippen LogP contribution in [0.4, 0.5) is 13.2 Å². The molecule has 4 nitrogen and oxygen atoms in total. The van der Waals surface area contributed by atoms with Gasteiger partial charge < -0.3 is 9.15 Å². The molecule has 0 saturated carbocycles. The molecular formula is C21H25F3O4. The van der Waals surface area contributed by atoms with Crippen LogP contribution >= 0.6 is 0 Å².